The van der Waals surface area contributed by atoms with Crippen LogP contribution in [-0.2, 0) is 6.42 Å². The number of nitrogens with zero attached hydrogens (tertiary/aromatic N) is 4. The van der Waals surface area contributed by atoms with Crippen molar-refractivity contribution in [3.05, 3.63) is 82.3 Å². The minimum Gasteiger partial charge on any atom is -0.294 e. The molecule has 1 atom stereocenters. The van der Waals surface area contributed by atoms with E-state index in [4.69, 9.17) is 4.98 Å². The Kier molecular flexibility index (Phi) is 4.70. The number of ketones is 1. The maximum atomic E-state index is 12.9. The van der Waals surface area contributed by atoms with Crippen LogP contribution in [0.5, 0.6) is 0 Å². The first-order chi connectivity index (χ1) is 15.0. The summed E-state index contributed by atoms with van der Waals surface area (Å²) in [5.74, 6) is 1.10. The average molecular weight is 409 g/mol. The Bertz CT molecular complexity index is 1330. The van der Waals surface area contributed by atoms with Gasteiger partial charge in [0.25, 0.3) is 0 Å². The van der Waals surface area contributed by atoms with Gasteiger partial charge in [-0.3, -0.25) is 10.1 Å². The van der Waals surface area contributed by atoms with E-state index in [0.717, 1.165) is 22.3 Å². The van der Waals surface area contributed by atoms with E-state index in [0.29, 0.717) is 36.0 Å². The van der Waals surface area contributed by atoms with Gasteiger partial charge in [0.05, 0.1) is 28.2 Å². The Balaban J connectivity index is 1.50. The molecule has 0 saturated carbocycles. The molecule has 5 rings (SSSR count). The van der Waals surface area contributed by atoms with Gasteiger partial charge in [0, 0.05) is 11.8 Å². The molecule has 0 amide bonds. The van der Waals surface area contributed by atoms with E-state index in [2.05, 4.69) is 45.4 Å². The Hall–Kier alpha value is -3.67. The van der Waals surface area contributed by atoms with Crippen molar-refractivity contribution in [1.29, 1.82) is 0 Å². The van der Waals surface area contributed by atoms with Gasteiger partial charge in [0.2, 0.25) is 11.9 Å². The molecule has 31 heavy (non-hydrogen) atoms. The fraction of sp³-hybridized carbons (Fsp3) is 0.240. The largest absolute Gasteiger partial charge is 0.294 e. The van der Waals surface area contributed by atoms with Crippen molar-refractivity contribution in [1.82, 2.24) is 19.9 Å². The van der Waals surface area contributed by atoms with E-state index in [1.165, 1.54) is 11.1 Å². The second-order valence-electron chi connectivity index (χ2n) is 8.17. The van der Waals surface area contributed by atoms with Crippen LogP contribution < -0.4 is 5.32 Å². The maximum absolute atomic E-state index is 12.9. The number of aryl methyl sites for hydroxylation is 3. The van der Waals surface area contributed by atoms with Crippen molar-refractivity contribution >= 4 is 28.6 Å². The lowest BCUT2D eigenvalue weighted by Gasteiger charge is -2.25. The van der Waals surface area contributed by atoms with Crippen LogP contribution >= 0.6 is 0 Å². The number of carbonyl (C=O) groups excluding carboxylic acids is 1. The quantitative estimate of drug-likeness (QED) is 0.513. The van der Waals surface area contributed by atoms with E-state index in [9.17, 15) is 4.79 Å². The van der Waals surface area contributed by atoms with Crippen molar-refractivity contribution in [3.63, 3.8) is 0 Å². The number of nitrogens with one attached hydrogen (secondary N) is 1. The average Bonchev–Trinajstić information content (AvgIpc) is 2.73. The highest BCUT2D eigenvalue weighted by molar-refractivity contribution is 5.99. The van der Waals surface area contributed by atoms with Crippen molar-refractivity contribution in [2.24, 2.45) is 0 Å². The third-order valence-corrected chi connectivity index (χ3v) is 5.85. The fourth-order valence-electron chi connectivity index (χ4n) is 4.38. The number of anilines is 2. The van der Waals surface area contributed by atoms with Crippen LogP contribution in [0.2, 0.25) is 0 Å². The fourth-order valence-corrected chi connectivity index (χ4v) is 4.38. The zero-order chi connectivity index (χ0) is 21.5. The van der Waals surface area contributed by atoms with Crippen molar-refractivity contribution in [2.45, 2.75) is 39.5 Å². The summed E-state index contributed by atoms with van der Waals surface area (Å²) in [6, 6.07) is 16.3. The first-order valence-corrected chi connectivity index (χ1v) is 10.5. The number of hydrogen-bond acceptors (Lipinski definition) is 6. The van der Waals surface area contributed by atoms with Gasteiger partial charge in [-0.25, -0.2) is 19.9 Å². The second kappa shape index (κ2) is 7.54. The van der Waals surface area contributed by atoms with Crippen LogP contribution in [-0.4, -0.2) is 25.7 Å². The smallest absolute Gasteiger partial charge is 0.230 e. The molecule has 0 bridgehead atoms. The van der Waals surface area contributed by atoms with Crippen LogP contribution in [0.4, 0.5) is 11.9 Å². The number of rotatable bonds is 3. The van der Waals surface area contributed by atoms with Crippen LogP contribution in [0.3, 0.4) is 0 Å². The summed E-state index contributed by atoms with van der Waals surface area (Å²) in [4.78, 5) is 31.3. The Morgan fingerprint density at radius 1 is 0.839 bits per heavy atom. The van der Waals surface area contributed by atoms with E-state index < -0.39 is 0 Å². The van der Waals surface area contributed by atoms with Gasteiger partial charge in [-0.15, -0.1) is 0 Å². The van der Waals surface area contributed by atoms with Crippen LogP contribution in [0.15, 0.2) is 48.5 Å². The summed E-state index contributed by atoms with van der Waals surface area (Å²) in [5, 5.41) is 4.17. The first-order valence-electron chi connectivity index (χ1n) is 10.5. The Morgan fingerprint density at radius 3 is 2.45 bits per heavy atom. The maximum Gasteiger partial charge on any atom is 0.230 e. The lowest BCUT2D eigenvalue weighted by molar-refractivity contribution is 0.0962. The summed E-state index contributed by atoms with van der Waals surface area (Å²) >= 11 is 0. The van der Waals surface area contributed by atoms with Crippen LogP contribution in [0.1, 0.15) is 50.9 Å². The van der Waals surface area contributed by atoms with Gasteiger partial charge in [-0.05, 0) is 44.7 Å². The van der Waals surface area contributed by atoms with Crippen molar-refractivity contribution in [3.8, 4) is 0 Å². The number of aromatic nitrogens is 4. The first kappa shape index (κ1) is 19.3. The lowest BCUT2D eigenvalue weighted by Crippen LogP contribution is -2.23. The molecular weight excluding hydrogens is 386 g/mol. The van der Waals surface area contributed by atoms with Gasteiger partial charge in [-0.2, -0.15) is 0 Å². The Morgan fingerprint density at radius 2 is 1.61 bits per heavy atom. The van der Waals surface area contributed by atoms with Crippen molar-refractivity contribution < 1.29 is 4.79 Å². The molecule has 2 heterocycles. The van der Waals surface area contributed by atoms with E-state index in [1.54, 1.807) is 0 Å². The third-order valence-electron chi connectivity index (χ3n) is 5.85. The SMILES string of the molecule is Cc1cccc([C@H]2CC(=O)c3c(C)nc(Nc4nc(C)c5ccccc5n4)nc3C2)c1. The highest BCUT2D eigenvalue weighted by Crippen LogP contribution is 2.34. The lowest BCUT2D eigenvalue weighted by atomic mass is 9.81. The molecule has 0 unspecified atom stereocenters. The predicted molar refractivity (Wildman–Crippen MR) is 121 cm³/mol. The molecule has 1 N–H and O–H groups in total. The number of fused-ring (bicyclic) bond motifs is 2. The molecule has 6 nitrogen and oxygen atoms in total. The third kappa shape index (κ3) is 3.65. The molecule has 1 aliphatic carbocycles. The van der Waals surface area contributed by atoms with Crippen LogP contribution in [0, 0.1) is 20.8 Å². The van der Waals surface area contributed by atoms with E-state index >= 15 is 0 Å². The highest BCUT2D eigenvalue weighted by atomic mass is 16.1. The molecule has 0 radical (unpaired) electrons. The number of hydrogen-bond donors (Lipinski definition) is 1. The minimum absolute atomic E-state index is 0.106. The Labute approximate surface area is 180 Å². The summed E-state index contributed by atoms with van der Waals surface area (Å²) in [6.07, 6.45) is 1.20. The number of carbonyl (C=O) groups is 1. The van der Waals surface area contributed by atoms with Gasteiger partial charge in [-0.1, -0.05) is 48.0 Å². The van der Waals surface area contributed by atoms with Gasteiger partial charge in [0.15, 0.2) is 5.78 Å². The summed E-state index contributed by atoms with van der Waals surface area (Å²) < 4.78 is 0. The summed E-state index contributed by atoms with van der Waals surface area (Å²) in [6.45, 7) is 5.89. The predicted octanol–water partition coefficient (Wildman–Crippen LogP) is 5.00. The molecule has 1 aliphatic rings. The molecule has 2 aromatic carbocycles. The molecule has 4 aromatic rings. The zero-order valence-electron chi connectivity index (χ0n) is 17.8. The number of benzene rings is 2. The monoisotopic (exact) mass is 409 g/mol. The van der Waals surface area contributed by atoms with E-state index in [-0.39, 0.29) is 11.7 Å². The molecule has 154 valence electrons. The van der Waals surface area contributed by atoms with Crippen LogP contribution in [0.25, 0.3) is 10.9 Å². The summed E-state index contributed by atoms with van der Waals surface area (Å²) in [7, 11) is 0. The number of para-hydroxylation sites is 1. The zero-order valence-corrected chi connectivity index (χ0v) is 17.8. The molecule has 6 heteroatoms. The molecule has 0 fully saturated rings. The van der Waals surface area contributed by atoms with E-state index in [1.807, 2.05) is 44.2 Å². The molecular formula is C25H23N5O. The molecule has 0 spiro atoms. The minimum atomic E-state index is 0.106. The molecule has 0 saturated heterocycles. The van der Waals surface area contributed by atoms with Crippen molar-refractivity contribution in [2.75, 3.05) is 5.32 Å². The van der Waals surface area contributed by atoms with Gasteiger partial charge >= 0.3 is 0 Å². The second-order valence-corrected chi connectivity index (χ2v) is 8.17. The molecule has 2 aromatic heterocycles. The molecule has 0 aliphatic heterocycles. The van der Waals surface area contributed by atoms with Gasteiger partial charge < -0.3 is 0 Å². The standard InChI is InChI=1S/C25H23N5O/c1-14-7-6-8-17(11-14)18-12-21-23(22(31)13-18)16(3)27-25(29-21)30-24-26-15(2)19-9-4-5-10-20(19)28-24/h4-11,18H,12-13H2,1-3H3,(H,26,27,28,29,30)/t18-/m1/s1. The van der Waals surface area contributed by atoms with Gasteiger partial charge in [0.1, 0.15) is 0 Å². The normalized spacial score (nSPS) is 15.7. The topological polar surface area (TPSA) is 80.7 Å². The summed E-state index contributed by atoms with van der Waals surface area (Å²) in [5.41, 5.74) is 6.26. The highest BCUT2D eigenvalue weighted by Gasteiger charge is 2.30. The number of Topliss-reactive ketones (excluding diaryl/α,β-unsaturated/α-hetero) is 1.